The molecule has 3 aromatic heterocycles. The molecule has 1 N–H and O–H groups in total. The minimum Gasteiger partial charge on any atom is -0.342 e. The summed E-state index contributed by atoms with van der Waals surface area (Å²) in [7, 11) is 0. The summed E-state index contributed by atoms with van der Waals surface area (Å²) in [5, 5.41) is 10.5. The number of nitrogens with zero attached hydrogens (tertiary/aromatic N) is 3. The lowest BCUT2D eigenvalue weighted by Crippen LogP contribution is -1.97. The summed E-state index contributed by atoms with van der Waals surface area (Å²) in [4.78, 5) is 5.77. The molecule has 142 valence electrons. The molecule has 0 spiro atoms. The molecule has 0 aliphatic rings. The van der Waals surface area contributed by atoms with E-state index in [0.717, 1.165) is 22.9 Å². The van der Waals surface area contributed by atoms with Gasteiger partial charge in [-0.05, 0) is 23.1 Å². The average molecular weight is 415 g/mol. The predicted molar refractivity (Wildman–Crippen MR) is 124 cm³/mol. The third-order valence-electron chi connectivity index (χ3n) is 4.66. The highest BCUT2D eigenvalue weighted by Gasteiger charge is 2.08. The largest absolute Gasteiger partial charge is 0.342 e. The molecule has 29 heavy (non-hydrogen) atoms. The Labute approximate surface area is 176 Å². The van der Waals surface area contributed by atoms with E-state index >= 15 is 0 Å². The fraction of sp³-hybridized carbons (Fsp3) is 0.0435. The van der Waals surface area contributed by atoms with Crippen LogP contribution in [-0.4, -0.2) is 15.8 Å². The number of para-hydroxylation sites is 1. The Kier molecular flexibility index (Phi) is 4.94. The van der Waals surface area contributed by atoms with Gasteiger partial charge in [0.05, 0.1) is 16.8 Å². The molecule has 2 aromatic carbocycles. The van der Waals surface area contributed by atoms with Crippen molar-refractivity contribution in [1.29, 1.82) is 0 Å². The van der Waals surface area contributed by atoms with Gasteiger partial charge in [0.15, 0.2) is 0 Å². The van der Waals surface area contributed by atoms with E-state index in [1.807, 2.05) is 18.3 Å². The van der Waals surface area contributed by atoms with Crippen LogP contribution in [0.3, 0.4) is 0 Å². The average Bonchev–Trinajstić information content (AvgIpc) is 3.50. The Bertz CT molecular complexity index is 1250. The van der Waals surface area contributed by atoms with Crippen LogP contribution in [0.2, 0.25) is 0 Å². The van der Waals surface area contributed by atoms with Crippen LogP contribution in [0.25, 0.3) is 21.5 Å². The third-order valence-corrected chi connectivity index (χ3v) is 6.30. The monoisotopic (exact) mass is 414 g/mol. The van der Waals surface area contributed by atoms with E-state index in [2.05, 4.69) is 91.6 Å². The topological polar surface area (TPSA) is 42.2 Å². The molecule has 4 nitrogen and oxygen atoms in total. The lowest BCUT2D eigenvalue weighted by molar-refractivity contribution is 0.836. The van der Waals surface area contributed by atoms with E-state index in [1.54, 1.807) is 22.7 Å². The highest BCUT2D eigenvalue weighted by atomic mass is 32.1. The van der Waals surface area contributed by atoms with Crippen molar-refractivity contribution in [3.8, 4) is 10.6 Å². The van der Waals surface area contributed by atoms with Crippen LogP contribution in [0, 0.1) is 0 Å². The number of aromatic nitrogens is 2. The number of nitrogens with one attached hydrogen (secondary N) is 1. The second-order valence-electron chi connectivity index (χ2n) is 6.60. The smallest absolute Gasteiger partial charge is 0.203 e. The molecule has 0 saturated heterocycles. The molecule has 0 amide bonds. The number of hydrogen-bond donors (Lipinski definition) is 1. The van der Waals surface area contributed by atoms with E-state index in [9.17, 15) is 0 Å². The summed E-state index contributed by atoms with van der Waals surface area (Å²) in [6.07, 6.45) is 4.03. The van der Waals surface area contributed by atoms with Crippen LogP contribution >= 0.6 is 22.7 Å². The Balaban J connectivity index is 1.37. The number of hydrazone groups is 1. The van der Waals surface area contributed by atoms with Crippen molar-refractivity contribution in [2.24, 2.45) is 5.10 Å². The Morgan fingerprint density at radius 1 is 0.966 bits per heavy atom. The number of thiophene rings is 1. The maximum atomic E-state index is 4.61. The SMILES string of the molecule is C(=N\Nc1nc(-c2cccs2)cs1)/c1cn(Cc2ccccc2)c2ccccc12. The fourth-order valence-electron chi connectivity index (χ4n) is 3.31. The highest BCUT2D eigenvalue weighted by molar-refractivity contribution is 7.15. The number of rotatable bonds is 6. The van der Waals surface area contributed by atoms with Gasteiger partial charge in [0.25, 0.3) is 0 Å². The highest BCUT2D eigenvalue weighted by Crippen LogP contribution is 2.28. The summed E-state index contributed by atoms with van der Waals surface area (Å²) >= 11 is 3.25. The summed E-state index contributed by atoms with van der Waals surface area (Å²) in [5.74, 6) is 0. The van der Waals surface area contributed by atoms with Gasteiger partial charge in [-0.1, -0.05) is 54.6 Å². The van der Waals surface area contributed by atoms with E-state index in [1.165, 1.54) is 21.3 Å². The Hall–Kier alpha value is -3.22. The van der Waals surface area contributed by atoms with Crippen molar-refractivity contribution in [3.63, 3.8) is 0 Å². The number of hydrogen-bond acceptors (Lipinski definition) is 5. The van der Waals surface area contributed by atoms with Crippen molar-refractivity contribution < 1.29 is 0 Å². The van der Waals surface area contributed by atoms with Gasteiger partial charge in [-0.25, -0.2) is 4.98 Å². The normalized spacial score (nSPS) is 11.4. The molecular weight excluding hydrogens is 396 g/mol. The maximum absolute atomic E-state index is 4.61. The first-order valence-corrected chi connectivity index (χ1v) is 11.0. The van der Waals surface area contributed by atoms with E-state index in [-0.39, 0.29) is 0 Å². The molecule has 0 unspecified atom stereocenters. The summed E-state index contributed by atoms with van der Waals surface area (Å²) in [6.45, 7) is 0.833. The molecule has 5 rings (SSSR count). The molecule has 3 heterocycles. The van der Waals surface area contributed by atoms with E-state index in [4.69, 9.17) is 0 Å². The molecule has 6 heteroatoms. The van der Waals surface area contributed by atoms with Crippen LogP contribution in [0.4, 0.5) is 5.13 Å². The van der Waals surface area contributed by atoms with Gasteiger partial charge in [-0.2, -0.15) is 5.10 Å². The second-order valence-corrected chi connectivity index (χ2v) is 8.41. The predicted octanol–water partition coefficient (Wildman–Crippen LogP) is 6.32. The van der Waals surface area contributed by atoms with Crippen molar-refractivity contribution in [2.75, 3.05) is 5.43 Å². The van der Waals surface area contributed by atoms with Gasteiger partial charge in [-0.3, -0.25) is 5.43 Å². The second kappa shape index (κ2) is 8.03. The lowest BCUT2D eigenvalue weighted by Gasteiger charge is -2.05. The molecule has 5 aromatic rings. The summed E-state index contributed by atoms with van der Waals surface area (Å²) in [6, 6.07) is 23.0. The van der Waals surface area contributed by atoms with E-state index in [0.29, 0.717) is 0 Å². The van der Waals surface area contributed by atoms with Crippen LogP contribution in [0.5, 0.6) is 0 Å². The van der Waals surface area contributed by atoms with Gasteiger partial charge in [0.2, 0.25) is 5.13 Å². The number of fused-ring (bicyclic) bond motifs is 1. The van der Waals surface area contributed by atoms with Crippen LogP contribution < -0.4 is 5.43 Å². The summed E-state index contributed by atoms with van der Waals surface area (Å²) < 4.78 is 2.27. The van der Waals surface area contributed by atoms with Crippen LogP contribution in [-0.2, 0) is 6.54 Å². The third kappa shape index (κ3) is 3.85. The Morgan fingerprint density at radius 2 is 1.83 bits per heavy atom. The zero-order valence-corrected chi connectivity index (χ0v) is 17.2. The van der Waals surface area contributed by atoms with E-state index < -0.39 is 0 Å². The number of anilines is 1. The minimum atomic E-state index is 0.790. The maximum Gasteiger partial charge on any atom is 0.203 e. The molecule has 0 aliphatic heterocycles. The molecule has 0 bridgehead atoms. The summed E-state index contributed by atoms with van der Waals surface area (Å²) in [5.41, 5.74) is 7.62. The number of benzene rings is 2. The van der Waals surface area contributed by atoms with Crippen molar-refractivity contribution in [1.82, 2.24) is 9.55 Å². The first-order valence-electron chi connectivity index (χ1n) is 9.27. The van der Waals surface area contributed by atoms with Gasteiger partial charge < -0.3 is 4.57 Å². The van der Waals surface area contributed by atoms with Gasteiger partial charge in [0.1, 0.15) is 0 Å². The van der Waals surface area contributed by atoms with Gasteiger partial charge in [0, 0.05) is 34.6 Å². The Morgan fingerprint density at radius 3 is 2.69 bits per heavy atom. The quantitative estimate of drug-likeness (QED) is 0.261. The molecule has 0 atom stereocenters. The molecular formula is C23H18N4S2. The molecule has 0 saturated carbocycles. The lowest BCUT2D eigenvalue weighted by atomic mass is 10.2. The van der Waals surface area contributed by atoms with Crippen molar-refractivity contribution in [3.05, 3.63) is 94.8 Å². The first-order chi connectivity index (χ1) is 14.4. The first kappa shape index (κ1) is 17.8. The minimum absolute atomic E-state index is 0.790. The molecule has 0 radical (unpaired) electrons. The van der Waals surface area contributed by atoms with Crippen molar-refractivity contribution >= 4 is 44.9 Å². The standard InChI is InChI=1S/C23H18N4S2/c1-2-7-17(8-3-1)14-27-15-18(19-9-4-5-10-21(19)27)13-24-26-23-25-20(16-29-23)22-11-6-12-28-22/h1-13,15-16H,14H2,(H,25,26)/b24-13+. The number of thiazole rings is 1. The zero-order valence-electron chi connectivity index (χ0n) is 15.5. The van der Waals surface area contributed by atoms with Gasteiger partial charge in [-0.15, -0.1) is 22.7 Å². The van der Waals surface area contributed by atoms with Crippen molar-refractivity contribution in [2.45, 2.75) is 6.54 Å². The van der Waals surface area contributed by atoms with Crippen LogP contribution in [0.15, 0.2) is 88.8 Å². The molecule has 0 fully saturated rings. The fourth-order valence-corrected chi connectivity index (χ4v) is 4.73. The van der Waals surface area contributed by atoms with Crippen LogP contribution in [0.1, 0.15) is 11.1 Å². The zero-order chi connectivity index (χ0) is 19.5. The molecule has 0 aliphatic carbocycles. The van der Waals surface area contributed by atoms with Gasteiger partial charge >= 0.3 is 0 Å².